The van der Waals surface area contributed by atoms with E-state index in [0.29, 0.717) is 33.6 Å². The van der Waals surface area contributed by atoms with Crippen LogP contribution < -0.4 is 0 Å². The van der Waals surface area contributed by atoms with Crippen LogP contribution in [0, 0.1) is 18.7 Å². The van der Waals surface area contributed by atoms with Gasteiger partial charge in [-0.15, -0.1) is 0 Å². The number of nitrogens with zero attached hydrogens (tertiary/aromatic N) is 1. The first-order valence-electron chi connectivity index (χ1n) is 9.69. The number of carbonyl (C=O) groups excluding carboxylic acids is 1. The number of carbonyl (C=O) groups is 2. The fraction of sp³-hybridized carbons (Fsp3) is 0.318. The molecule has 2 fully saturated rings. The second-order valence-corrected chi connectivity index (χ2v) is 9.24. The number of carboxylic acid groups (broad SMARTS) is 1. The van der Waals surface area contributed by atoms with Crippen molar-refractivity contribution in [2.75, 3.05) is 0 Å². The zero-order valence-corrected chi connectivity index (χ0v) is 17.9. The number of rotatable bonds is 4. The van der Waals surface area contributed by atoms with Gasteiger partial charge in [0.15, 0.2) is 0 Å². The highest BCUT2D eigenvalue weighted by atomic mass is 32.2. The molecule has 1 aromatic heterocycles. The van der Waals surface area contributed by atoms with Crippen molar-refractivity contribution in [3.05, 3.63) is 52.4 Å². The summed E-state index contributed by atoms with van der Waals surface area (Å²) in [6, 6.07) is 7.83. The van der Waals surface area contributed by atoms with Gasteiger partial charge in [-0.1, -0.05) is 30.4 Å². The number of thiocarbonyl (C=S) groups is 1. The molecule has 156 valence electrons. The maximum atomic E-state index is 13.3. The molecule has 2 heterocycles. The minimum absolute atomic E-state index is 0.188. The van der Waals surface area contributed by atoms with Crippen LogP contribution in [-0.4, -0.2) is 32.2 Å². The van der Waals surface area contributed by atoms with Gasteiger partial charge in [0.2, 0.25) is 0 Å². The Kier molecular flexibility index (Phi) is 5.79. The van der Waals surface area contributed by atoms with Crippen molar-refractivity contribution in [2.24, 2.45) is 5.92 Å². The molecule has 0 bridgehead atoms. The minimum atomic E-state index is -0.820. The standard InChI is InChI=1S/C22H20FNO4S2/c1-12-9-14(23)5-7-17(12)18-8-6-16(28-18)11-19-20(25)24(22(29)30-19)15-4-2-3-13(10-15)21(26)27/h5-9,11,13,15H,2-4,10H2,1H3,(H,26,27). The van der Waals surface area contributed by atoms with Crippen molar-refractivity contribution in [3.8, 4) is 11.3 Å². The molecule has 1 saturated heterocycles. The van der Waals surface area contributed by atoms with Crippen LogP contribution in [0.3, 0.4) is 0 Å². The Labute approximate surface area is 182 Å². The van der Waals surface area contributed by atoms with Crippen molar-refractivity contribution in [1.29, 1.82) is 0 Å². The quantitative estimate of drug-likeness (QED) is 0.513. The third-order valence-electron chi connectivity index (χ3n) is 5.54. The van der Waals surface area contributed by atoms with Gasteiger partial charge in [0.05, 0.1) is 10.8 Å². The third kappa shape index (κ3) is 4.06. The summed E-state index contributed by atoms with van der Waals surface area (Å²) < 4.78 is 19.7. The molecule has 0 spiro atoms. The van der Waals surface area contributed by atoms with Crippen molar-refractivity contribution in [3.63, 3.8) is 0 Å². The summed E-state index contributed by atoms with van der Waals surface area (Å²) in [5, 5.41) is 9.32. The largest absolute Gasteiger partial charge is 0.481 e. The van der Waals surface area contributed by atoms with Gasteiger partial charge in [-0.25, -0.2) is 4.39 Å². The third-order valence-corrected chi connectivity index (χ3v) is 6.87. The summed E-state index contributed by atoms with van der Waals surface area (Å²) in [7, 11) is 0. The van der Waals surface area contributed by atoms with E-state index in [9.17, 15) is 19.1 Å². The lowest BCUT2D eigenvalue weighted by molar-refractivity contribution is -0.144. The van der Waals surface area contributed by atoms with Gasteiger partial charge in [-0.3, -0.25) is 14.5 Å². The van der Waals surface area contributed by atoms with E-state index in [1.54, 1.807) is 36.1 Å². The van der Waals surface area contributed by atoms with E-state index in [0.717, 1.165) is 24.0 Å². The molecule has 2 aromatic rings. The second kappa shape index (κ2) is 8.35. The molecule has 1 aromatic carbocycles. The highest BCUT2D eigenvalue weighted by Crippen LogP contribution is 2.39. The number of furan rings is 1. The first-order chi connectivity index (χ1) is 14.3. The van der Waals surface area contributed by atoms with Crippen LogP contribution in [0.25, 0.3) is 17.4 Å². The summed E-state index contributed by atoms with van der Waals surface area (Å²) in [5.41, 5.74) is 1.54. The molecule has 1 N–H and O–H groups in total. The van der Waals surface area contributed by atoms with Crippen LogP contribution in [0.5, 0.6) is 0 Å². The Bertz CT molecular complexity index is 1060. The number of hydrogen-bond donors (Lipinski definition) is 1. The number of aliphatic carboxylic acids is 1. The molecule has 1 amide bonds. The number of hydrogen-bond acceptors (Lipinski definition) is 5. The molecule has 2 unspecified atom stereocenters. The Morgan fingerprint density at radius 2 is 2.13 bits per heavy atom. The van der Waals surface area contributed by atoms with Gasteiger partial charge < -0.3 is 9.52 Å². The molecular weight excluding hydrogens is 425 g/mol. The predicted octanol–water partition coefficient (Wildman–Crippen LogP) is 5.24. The van der Waals surface area contributed by atoms with Crippen LogP contribution in [0.15, 0.2) is 39.7 Å². The van der Waals surface area contributed by atoms with Gasteiger partial charge in [-0.2, -0.15) is 0 Å². The van der Waals surface area contributed by atoms with Gasteiger partial charge >= 0.3 is 5.97 Å². The fourth-order valence-electron chi connectivity index (χ4n) is 4.03. The van der Waals surface area contributed by atoms with E-state index in [1.807, 2.05) is 0 Å². The summed E-state index contributed by atoms with van der Waals surface area (Å²) in [5.74, 6) is -0.688. The van der Waals surface area contributed by atoms with Crippen LogP contribution in [0.1, 0.15) is 37.0 Å². The molecule has 0 radical (unpaired) electrons. The van der Waals surface area contributed by atoms with E-state index in [1.165, 1.54) is 23.9 Å². The highest BCUT2D eigenvalue weighted by molar-refractivity contribution is 8.26. The summed E-state index contributed by atoms with van der Waals surface area (Å²) in [6.45, 7) is 1.81. The first-order valence-corrected chi connectivity index (χ1v) is 10.9. The Balaban J connectivity index is 1.54. The number of aryl methyl sites for hydroxylation is 1. The van der Waals surface area contributed by atoms with Crippen LogP contribution in [0.2, 0.25) is 0 Å². The predicted molar refractivity (Wildman–Crippen MR) is 117 cm³/mol. The molecule has 2 aliphatic rings. The maximum absolute atomic E-state index is 13.3. The molecule has 1 saturated carbocycles. The molecule has 30 heavy (non-hydrogen) atoms. The zero-order chi connectivity index (χ0) is 21.4. The smallest absolute Gasteiger partial charge is 0.306 e. The number of amides is 1. The fourth-order valence-corrected chi connectivity index (χ4v) is 5.41. The van der Waals surface area contributed by atoms with Gasteiger partial charge in [0, 0.05) is 17.7 Å². The molecular formula is C22H20FNO4S2. The topological polar surface area (TPSA) is 70.8 Å². The van der Waals surface area contributed by atoms with E-state index in [-0.39, 0.29) is 17.8 Å². The van der Waals surface area contributed by atoms with E-state index in [4.69, 9.17) is 16.6 Å². The van der Waals surface area contributed by atoms with Gasteiger partial charge in [0.1, 0.15) is 21.7 Å². The van der Waals surface area contributed by atoms with Crippen LogP contribution in [-0.2, 0) is 9.59 Å². The summed E-state index contributed by atoms with van der Waals surface area (Å²) in [6.07, 6.45) is 4.21. The van der Waals surface area contributed by atoms with Crippen molar-refractivity contribution in [2.45, 2.75) is 38.6 Å². The number of carboxylic acids is 1. The highest BCUT2D eigenvalue weighted by Gasteiger charge is 2.40. The average molecular weight is 446 g/mol. The zero-order valence-electron chi connectivity index (χ0n) is 16.3. The lowest BCUT2D eigenvalue weighted by Crippen LogP contribution is -2.42. The van der Waals surface area contributed by atoms with E-state index in [2.05, 4.69) is 0 Å². The van der Waals surface area contributed by atoms with Crippen molar-refractivity contribution in [1.82, 2.24) is 4.90 Å². The number of thioether (sulfide) groups is 1. The average Bonchev–Trinajstić information content (AvgIpc) is 3.26. The maximum Gasteiger partial charge on any atom is 0.306 e. The Hall–Kier alpha value is -2.45. The van der Waals surface area contributed by atoms with Gasteiger partial charge in [0.25, 0.3) is 5.91 Å². The molecule has 4 rings (SSSR count). The monoisotopic (exact) mass is 445 g/mol. The van der Waals surface area contributed by atoms with Crippen molar-refractivity contribution >= 4 is 46.3 Å². The number of benzene rings is 1. The Morgan fingerprint density at radius 3 is 2.87 bits per heavy atom. The van der Waals surface area contributed by atoms with E-state index >= 15 is 0 Å². The normalized spacial score (nSPS) is 23.4. The van der Waals surface area contributed by atoms with E-state index < -0.39 is 11.9 Å². The molecule has 8 heteroatoms. The van der Waals surface area contributed by atoms with Crippen LogP contribution >= 0.6 is 24.0 Å². The number of halogens is 1. The van der Waals surface area contributed by atoms with Gasteiger partial charge in [-0.05, 0) is 62.1 Å². The lowest BCUT2D eigenvalue weighted by Gasteiger charge is -2.32. The van der Waals surface area contributed by atoms with Crippen LogP contribution in [0.4, 0.5) is 4.39 Å². The second-order valence-electron chi connectivity index (χ2n) is 7.57. The molecule has 5 nitrogen and oxygen atoms in total. The minimum Gasteiger partial charge on any atom is -0.481 e. The SMILES string of the molecule is Cc1cc(F)ccc1-c1ccc(C=C2SC(=S)N(C3CCCC(C(=O)O)C3)C2=O)o1. The lowest BCUT2D eigenvalue weighted by atomic mass is 9.85. The molecule has 2 atom stereocenters. The first kappa shape index (κ1) is 20.8. The molecule has 1 aliphatic carbocycles. The molecule has 1 aliphatic heterocycles. The summed E-state index contributed by atoms with van der Waals surface area (Å²) >= 11 is 6.62. The summed E-state index contributed by atoms with van der Waals surface area (Å²) in [4.78, 5) is 26.4. The van der Waals surface area contributed by atoms with Crippen molar-refractivity contribution < 1.29 is 23.5 Å². The Morgan fingerprint density at radius 1 is 1.33 bits per heavy atom.